The van der Waals surface area contributed by atoms with Crippen LogP contribution in [0, 0.1) is 5.92 Å². The zero-order valence-electron chi connectivity index (χ0n) is 16.1. The lowest BCUT2D eigenvalue weighted by Gasteiger charge is -2.32. The van der Waals surface area contributed by atoms with Gasteiger partial charge in [0, 0.05) is 31.9 Å². The minimum atomic E-state index is 0.152. The maximum Gasteiger partial charge on any atom is 0.220 e. The van der Waals surface area contributed by atoms with Gasteiger partial charge in [-0.15, -0.1) is 0 Å². The maximum atomic E-state index is 12.0. The molecule has 1 aliphatic rings. The standard InChI is InChI=1S/C23H31N3O/c27-23(9-8-22-7-4-14-24-19-22)25-15-10-21-12-17-26(18-13-21)16-11-20-5-2-1-3-6-20/h1-7,14,19,21H,8-13,15-18H2,(H,25,27). The van der Waals surface area contributed by atoms with Gasteiger partial charge in [0.2, 0.25) is 5.91 Å². The molecule has 0 aliphatic carbocycles. The predicted octanol–water partition coefficient (Wildman–Crippen LogP) is 3.48. The summed E-state index contributed by atoms with van der Waals surface area (Å²) in [6, 6.07) is 14.7. The summed E-state index contributed by atoms with van der Waals surface area (Å²) in [6.45, 7) is 4.33. The van der Waals surface area contributed by atoms with Gasteiger partial charge >= 0.3 is 0 Å². The van der Waals surface area contributed by atoms with Crippen LogP contribution in [0.1, 0.15) is 36.8 Å². The Morgan fingerprint density at radius 1 is 1.04 bits per heavy atom. The normalized spacial score (nSPS) is 15.6. The van der Waals surface area contributed by atoms with Crippen molar-refractivity contribution in [1.82, 2.24) is 15.2 Å². The lowest BCUT2D eigenvalue weighted by atomic mass is 9.93. The van der Waals surface area contributed by atoms with E-state index in [4.69, 9.17) is 0 Å². The Morgan fingerprint density at radius 2 is 1.81 bits per heavy atom. The molecule has 1 aromatic carbocycles. The summed E-state index contributed by atoms with van der Waals surface area (Å²) < 4.78 is 0. The molecule has 0 atom stereocenters. The molecule has 1 amide bonds. The summed E-state index contributed by atoms with van der Waals surface area (Å²) in [7, 11) is 0. The van der Waals surface area contributed by atoms with Crippen LogP contribution in [0.5, 0.6) is 0 Å². The number of aromatic nitrogens is 1. The average Bonchev–Trinajstić information content (AvgIpc) is 2.73. The van der Waals surface area contributed by atoms with Crippen molar-refractivity contribution in [2.75, 3.05) is 26.2 Å². The summed E-state index contributed by atoms with van der Waals surface area (Å²) in [6.07, 6.45) is 9.64. The second-order valence-corrected chi connectivity index (χ2v) is 7.52. The lowest BCUT2D eigenvalue weighted by Crippen LogP contribution is -2.36. The fourth-order valence-electron chi connectivity index (χ4n) is 3.74. The number of pyridine rings is 1. The molecular weight excluding hydrogens is 334 g/mol. The number of amides is 1. The number of rotatable bonds is 9. The number of piperidine rings is 1. The molecule has 27 heavy (non-hydrogen) atoms. The van der Waals surface area contributed by atoms with Gasteiger partial charge in [-0.05, 0) is 68.3 Å². The molecular formula is C23H31N3O. The van der Waals surface area contributed by atoms with Gasteiger partial charge in [0.25, 0.3) is 0 Å². The van der Waals surface area contributed by atoms with Gasteiger partial charge in [0.15, 0.2) is 0 Å². The van der Waals surface area contributed by atoms with Crippen molar-refractivity contribution in [2.45, 2.75) is 38.5 Å². The van der Waals surface area contributed by atoms with E-state index < -0.39 is 0 Å². The Kier molecular flexibility index (Phi) is 7.84. The SMILES string of the molecule is O=C(CCc1cccnc1)NCCC1CCN(CCc2ccccc2)CC1. The molecule has 0 radical (unpaired) electrons. The highest BCUT2D eigenvalue weighted by Crippen LogP contribution is 2.20. The Morgan fingerprint density at radius 3 is 2.56 bits per heavy atom. The highest BCUT2D eigenvalue weighted by molar-refractivity contribution is 5.76. The van der Waals surface area contributed by atoms with Crippen LogP contribution in [0.4, 0.5) is 0 Å². The minimum Gasteiger partial charge on any atom is -0.356 e. The van der Waals surface area contributed by atoms with Gasteiger partial charge in [-0.3, -0.25) is 9.78 Å². The van der Waals surface area contributed by atoms with E-state index in [2.05, 4.69) is 45.5 Å². The van der Waals surface area contributed by atoms with Gasteiger partial charge < -0.3 is 10.2 Å². The third-order valence-corrected chi connectivity index (χ3v) is 5.50. The number of nitrogens with zero attached hydrogens (tertiary/aromatic N) is 2. The van der Waals surface area contributed by atoms with Crippen LogP contribution in [-0.4, -0.2) is 42.0 Å². The monoisotopic (exact) mass is 365 g/mol. The summed E-state index contributed by atoms with van der Waals surface area (Å²) in [5.74, 6) is 0.899. The van der Waals surface area contributed by atoms with E-state index in [1.54, 1.807) is 6.20 Å². The highest BCUT2D eigenvalue weighted by Gasteiger charge is 2.18. The third-order valence-electron chi connectivity index (χ3n) is 5.50. The molecule has 1 saturated heterocycles. The number of carbonyl (C=O) groups excluding carboxylic acids is 1. The summed E-state index contributed by atoms with van der Waals surface area (Å²) in [5, 5.41) is 3.09. The first-order valence-corrected chi connectivity index (χ1v) is 10.2. The van der Waals surface area contributed by atoms with E-state index in [1.807, 2.05) is 18.3 Å². The van der Waals surface area contributed by atoms with E-state index in [-0.39, 0.29) is 5.91 Å². The number of benzene rings is 1. The highest BCUT2D eigenvalue weighted by atomic mass is 16.1. The van der Waals surface area contributed by atoms with E-state index in [0.29, 0.717) is 6.42 Å². The van der Waals surface area contributed by atoms with E-state index in [0.717, 1.165) is 43.8 Å². The second-order valence-electron chi connectivity index (χ2n) is 7.52. The smallest absolute Gasteiger partial charge is 0.220 e. The first kappa shape index (κ1) is 19.6. The van der Waals surface area contributed by atoms with Crippen molar-refractivity contribution in [3.8, 4) is 0 Å². The summed E-state index contributed by atoms with van der Waals surface area (Å²) in [5.41, 5.74) is 2.55. The van der Waals surface area contributed by atoms with Crippen molar-refractivity contribution in [3.05, 3.63) is 66.0 Å². The van der Waals surface area contributed by atoms with E-state index in [1.165, 1.54) is 31.5 Å². The number of carbonyl (C=O) groups is 1. The Balaban J connectivity index is 1.24. The largest absolute Gasteiger partial charge is 0.356 e. The molecule has 4 heteroatoms. The first-order valence-electron chi connectivity index (χ1n) is 10.2. The number of hydrogen-bond donors (Lipinski definition) is 1. The van der Waals surface area contributed by atoms with Gasteiger partial charge in [0.1, 0.15) is 0 Å². The van der Waals surface area contributed by atoms with Crippen molar-refractivity contribution in [3.63, 3.8) is 0 Å². The van der Waals surface area contributed by atoms with Crippen molar-refractivity contribution >= 4 is 5.91 Å². The molecule has 4 nitrogen and oxygen atoms in total. The van der Waals surface area contributed by atoms with Gasteiger partial charge in [-0.25, -0.2) is 0 Å². The van der Waals surface area contributed by atoms with Crippen LogP contribution in [0.2, 0.25) is 0 Å². The minimum absolute atomic E-state index is 0.152. The van der Waals surface area contributed by atoms with Crippen LogP contribution in [-0.2, 0) is 17.6 Å². The molecule has 0 bridgehead atoms. The number of nitrogens with one attached hydrogen (secondary N) is 1. The van der Waals surface area contributed by atoms with Gasteiger partial charge in [-0.2, -0.15) is 0 Å². The Labute approximate surface area is 163 Å². The topological polar surface area (TPSA) is 45.2 Å². The van der Waals surface area contributed by atoms with E-state index in [9.17, 15) is 4.79 Å². The third kappa shape index (κ3) is 7.14. The quantitative estimate of drug-likeness (QED) is 0.740. The molecule has 0 unspecified atom stereocenters. The van der Waals surface area contributed by atoms with Gasteiger partial charge in [0.05, 0.1) is 0 Å². The summed E-state index contributed by atoms with van der Waals surface area (Å²) >= 11 is 0. The lowest BCUT2D eigenvalue weighted by molar-refractivity contribution is -0.121. The van der Waals surface area contributed by atoms with Crippen LogP contribution >= 0.6 is 0 Å². The molecule has 1 aromatic heterocycles. The zero-order chi connectivity index (χ0) is 18.7. The van der Waals surface area contributed by atoms with Crippen molar-refractivity contribution in [2.24, 2.45) is 5.92 Å². The number of likely N-dealkylation sites (tertiary alicyclic amines) is 1. The number of aryl methyl sites for hydroxylation is 1. The molecule has 1 fully saturated rings. The maximum absolute atomic E-state index is 12.0. The molecule has 0 saturated carbocycles. The molecule has 2 heterocycles. The zero-order valence-corrected chi connectivity index (χ0v) is 16.1. The number of hydrogen-bond acceptors (Lipinski definition) is 3. The van der Waals surface area contributed by atoms with Gasteiger partial charge in [-0.1, -0.05) is 36.4 Å². The van der Waals surface area contributed by atoms with Crippen LogP contribution in [0.25, 0.3) is 0 Å². The molecule has 0 spiro atoms. The van der Waals surface area contributed by atoms with Crippen LogP contribution in [0.15, 0.2) is 54.9 Å². The Bertz CT molecular complexity index is 667. The second kappa shape index (κ2) is 10.8. The Hall–Kier alpha value is -2.20. The fraction of sp³-hybridized carbons (Fsp3) is 0.478. The van der Waals surface area contributed by atoms with Crippen LogP contribution < -0.4 is 5.32 Å². The van der Waals surface area contributed by atoms with Crippen molar-refractivity contribution in [1.29, 1.82) is 0 Å². The molecule has 2 aromatic rings. The molecule has 1 aliphatic heterocycles. The predicted molar refractivity (Wildman–Crippen MR) is 109 cm³/mol. The molecule has 144 valence electrons. The molecule has 3 rings (SSSR count). The fourth-order valence-corrected chi connectivity index (χ4v) is 3.74. The van der Waals surface area contributed by atoms with Crippen molar-refractivity contribution < 1.29 is 4.79 Å². The molecule has 1 N–H and O–H groups in total. The average molecular weight is 366 g/mol. The van der Waals surface area contributed by atoms with Crippen LogP contribution in [0.3, 0.4) is 0 Å². The summed E-state index contributed by atoms with van der Waals surface area (Å²) in [4.78, 5) is 18.7. The first-order chi connectivity index (χ1) is 13.3. The van der Waals surface area contributed by atoms with E-state index >= 15 is 0 Å².